The summed E-state index contributed by atoms with van der Waals surface area (Å²) in [6.45, 7) is 1.19. The fourth-order valence-electron chi connectivity index (χ4n) is 2.32. The molecule has 28 heavy (non-hydrogen) atoms. The van der Waals surface area contributed by atoms with Crippen molar-refractivity contribution in [3.05, 3.63) is 53.1 Å². The fourth-order valence-corrected chi connectivity index (χ4v) is 2.32. The lowest BCUT2D eigenvalue weighted by atomic mass is 10.1. The number of nitrogens with zero attached hydrogens (tertiary/aromatic N) is 1. The highest BCUT2D eigenvalue weighted by molar-refractivity contribution is 6.39. The molecule has 7 nitrogen and oxygen atoms in total. The molecule has 0 radical (unpaired) electrons. The van der Waals surface area contributed by atoms with E-state index >= 15 is 0 Å². The summed E-state index contributed by atoms with van der Waals surface area (Å²) in [6.07, 6.45) is 0. The van der Waals surface area contributed by atoms with Crippen LogP contribution in [-0.2, 0) is 14.3 Å². The van der Waals surface area contributed by atoms with E-state index in [2.05, 4.69) is 21.9 Å². The Morgan fingerprint density at radius 1 is 1.07 bits per heavy atom. The molecule has 0 spiro atoms. The third kappa shape index (κ3) is 4.89. The van der Waals surface area contributed by atoms with E-state index < -0.39 is 17.7 Å². The molecule has 2 aromatic rings. The van der Waals surface area contributed by atoms with Gasteiger partial charge in [0.15, 0.2) is 0 Å². The molecule has 0 saturated carbocycles. The van der Waals surface area contributed by atoms with Crippen LogP contribution in [0.25, 0.3) is 0 Å². The molecule has 0 saturated heterocycles. The number of ketones is 1. The number of phenolic OH excluding ortho intramolecular Hbond substituents is 1. The van der Waals surface area contributed by atoms with Gasteiger partial charge in [-0.25, -0.2) is 4.79 Å². The Labute approximate surface area is 162 Å². The van der Waals surface area contributed by atoms with Crippen LogP contribution in [0.15, 0.2) is 36.4 Å². The second-order valence-electron chi connectivity index (χ2n) is 6.11. The Morgan fingerprint density at radius 2 is 1.71 bits per heavy atom. The van der Waals surface area contributed by atoms with Gasteiger partial charge in [-0.2, -0.15) is 0 Å². The average molecular weight is 380 g/mol. The van der Waals surface area contributed by atoms with Crippen molar-refractivity contribution in [2.24, 2.45) is 0 Å². The van der Waals surface area contributed by atoms with Crippen LogP contribution in [0.4, 0.5) is 11.4 Å². The van der Waals surface area contributed by atoms with Crippen molar-refractivity contribution in [3.8, 4) is 17.6 Å². The van der Waals surface area contributed by atoms with Crippen LogP contribution >= 0.6 is 0 Å². The molecule has 0 atom stereocenters. The number of hydrogen-bond donors (Lipinski definition) is 2. The Hall–Kier alpha value is -3.79. The van der Waals surface area contributed by atoms with E-state index in [0.29, 0.717) is 22.5 Å². The van der Waals surface area contributed by atoms with Crippen molar-refractivity contribution in [2.45, 2.75) is 6.92 Å². The number of rotatable bonds is 4. The van der Waals surface area contributed by atoms with E-state index in [9.17, 15) is 19.5 Å². The quantitative estimate of drug-likeness (QED) is 0.479. The second kappa shape index (κ2) is 8.73. The summed E-state index contributed by atoms with van der Waals surface area (Å²) in [5.41, 5.74) is 2.36. The predicted molar refractivity (Wildman–Crippen MR) is 106 cm³/mol. The number of methoxy groups -OCH3 is 1. The van der Waals surface area contributed by atoms with Gasteiger partial charge in [0, 0.05) is 43.9 Å². The van der Waals surface area contributed by atoms with Crippen molar-refractivity contribution in [2.75, 3.05) is 31.4 Å². The minimum atomic E-state index is -0.686. The summed E-state index contributed by atoms with van der Waals surface area (Å²) in [7, 11) is 4.83. The zero-order valence-corrected chi connectivity index (χ0v) is 16.0. The largest absolute Gasteiger partial charge is 0.507 e. The van der Waals surface area contributed by atoms with Gasteiger partial charge in [-0.1, -0.05) is 11.8 Å². The van der Waals surface area contributed by atoms with Gasteiger partial charge in [0.05, 0.1) is 12.8 Å². The molecule has 0 aliphatic rings. The number of Topliss-reactive ketones (excluding diaryl/α,β-unsaturated/α-hetero) is 1. The summed E-state index contributed by atoms with van der Waals surface area (Å²) in [4.78, 5) is 36.0. The van der Waals surface area contributed by atoms with Crippen LogP contribution in [0.2, 0.25) is 0 Å². The molecule has 0 unspecified atom stereocenters. The number of ether oxygens (including phenoxy) is 1. The fraction of sp³-hybridized carbons (Fsp3) is 0.190. The summed E-state index contributed by atoms with van der Waals surface area (Å²) in [5, 5.41) is 12.5. The Morgan fingerprint density at radius 3 is 2.25 bits per heavy atom. The molecule has 1 amide bonds. The number of nitrogens with one attached hydrogen (secondary N) is 1. The summed E-state index contributed by atoms with van der Waals surface area (Å²) < 4.78 is 4.68. The molecular formula is C21H20N2O5. The maximum absolute atomic E-state index is 11.8. The summed E-state index contributed by atoms with van der Waals surface area (Å²) in [6, 6.07) is 9.59. The van der Waals surface area contributed by atoms with Crippen molar-refractivity contribution >= 4 is 29.0 Å². The van der Waals surface area contributed by atoms with Gasteiger partial charge in [-0.3, -0.25) is 9.59 Å². The molecule has 2 N–H and O–H groups in total. The van der Waals surface area contributed by atoms with Crippen LogP contribution < -0.4 is 10.2 Å². The van der Waals surface area contributed by atoms with Crippen LogP contribution in [0.3, 0.4) is 0 Å². The predicted octanol–water partition coefficient (Wildman–Crippen LogP) is 2.17. The molecule has 0 bridgehead atoms. The first-order chi connectivity index (χ1) is 13.2. The molecule has 0 aromatic heterocycles. The Balaban J connectivity index is 2.35. The first-order valence-electron chi connectivity index (χ1n) is 8.29. The zero-order valence-electron chi connectivity index (χ0n) is 16.0. The van der Waals surface area contributed by atoms with E-state index in [-0.39, 0.29) is 11.3 Å². The van der Waals surface area contributed by atoms with Crippen molar-refractivity contribution in [1.82, 2.24) is 0 Å². The topological polar surface area (TPSA) is 95.9 Å². The lowest BCUT2D eigenvalue weighted by Gasteiger charge is -2.16. The lowest BCUT2D eigenvalue weighted by Crippen LogP contribution is -2.19. The zero-order chi connectivity index (χ0) is 20.8. The molecule has 0 fully saturated rings. The number of anilines is 2. The molecular weight excluding hydrogens is 360 g/mol. The number of phenols is 1. The summed E-state index contributed by atoms with van der Waals surface area (Å²) >= 11 is 0. The Bertz CT molecular complexity index is 982. The van der Waals surface area contributed by atoms with E-state index in [1.807, 2.05) is 0 Å². The lowest BCUT2D eigenvalue weighted by molar-refractivity contribution is -0.133. The number of hydrogen-bond acceptors (Lipinski definition) is 6. The monoisotopic (exact) mass is 380 g/mol. The molecule has 2 aromatic carbocycles. The number of amides is 1. The minimum absolute atomic E-state index is 0.0275. The van der Waals surface area contributed by atoms with E-state index in [4.69, 9.17) is 0 Å². The van der Waals surface area contributed by atoms with Gasteiger partial charge < -0.3 is 20.1 Å². The van der Waals surface area contributed by atoms with Gasteiger partial charge in [0.25, 0.3) is 5.91 Å². The number of benzene rings is 2. The summed E-state index contributed by atoms with van der Waals surface area (Å²) in [5.74, 6) is 3.85. The average Bonchev–Trinajstić information content (AvgIpc) is 2.67. The smallest absolute Gasteiger partial charge is 0.341 e. The van der Waals surface area contributed by atoms with Gasteiger partial charge in [-0.05, 0) is 30.3 Å². The third-order valence-electron chi connectivity index (χ3n) is 3.81. The molecule has 2 rings (SSSR count). The number of esters is 1. The van der Waals surface area contributed by atoms with Gasteiger partial charge in [0.1, 0.15) is 11.3 Å². The van der Waals surface area contributed by atoms with Crippen molar-refractivity contribution in [1.29, 1.82) is 0 Å². The van der Waals surface area contributed by atoms with Crippen LogP contribution in [0.1, 0.15) is 28.4 Å². The van der Waals surface area contributed by atoms with Crippen LogP contribution in [-0.4, -0.2) is 44.0 Å². The first kappa shape index (κ1) is 20.5. The van der Waals surface area contributed by atoms with Crippen LogP contribution in [0.5, 0.6) is 5.75 Å². The second-order valence-corrected chi connectivity index (χ2v) is 6.11. The third-order valence-corrected chi connectivity index (χ3v) is 3.81. The van der Waals surface area contributed by atoms with Gasteiger partial charge in [-0.15, -0.1) is 0 Å². The molecule has 0 aliphatic carbocycles. The maximum Gasteiger partial charge on any atom is 0.341 e. The first-order valence-corrected chi connectivity index (χ1v) is 8.29. The van der Waals surface area contributed by atoms with Crippen molar-refractivity contribution in [3.63, 3.8) is 0 Å². The van der Waals surface area contributed by atoms with Gasteiger partial charge in [0.2, 0.25) is 5.78 Å². The van der Waals surface area contributed by atoms with E-state index in [0.717, 1.165) is 0 Å². The number of aromatic hydroxyl groups is 1. The minimum Gasteiger partial charge on any atom is -0.507 e. The molecule has 144 valence electrons. The molecule has 7 heteroatoms. The van der Waals surface area contributed by atoms with E-state index in [1.54, 1.807) is 43.3 Å². The Kier molecular flexibility index (Phi) is 6.40. The number of carbonyl (C=O) groups is 3. The number of carbonyl (C=O) groups excluding carboxylic acids is 3. The highest BCUT2D eigenvalue weighted by atomic mass is 16.5. The SMILES string of the molecule is COC(=O)c1cc(C#Cc2ccc(NC(=O)C(C)=O)cc2)c(N(C)C)cc1O. The van der Waals surface area contributed by atoms with Gasteiger partial charge >= 0.3 is 5.97 Å². The normalized spacial score (nSPS) is 9.71. The van der Waals surface area contributed by atoms with Crippen molar-refractivity contribution < 1.29 is 24.2 Å². The standard InChI is InChI=1S/C21H20N2O5/c1-13(24)20(26)22-16-9-6-14(7-10-16)5-8-15-11-17(21(27)28-4)19(25)12-18(15)23(2)3/h6-7,9-12,25H,1-4H3,(H,22,26). The van der Waals surface area contributed by atoms with E-state index in [1.165, 1.54) is 26.2 Å². The highest BCUT2D eigenvalue weighted by Crippen LogP contribution is 2.28. The maximum atomic E-state index is 11.8. The molecule has 0 heterocycles. The molecule has 0 aliphatic heterocycles. The van der Waals surface area contributed by atoms with Crippen LogP contribution in [0, 0.1) is 11.8 Å². The highest BCUT2D eigenvalue weighted by Gasteiger charge is 2.16.